The third-order valence-corrected chi connectivity index (χ3v) is 6.15. The maximum Gasteiger partial charge on any atom is 0.255 e. The van der Waals surface area contributed by atoms with Crippen molar-refractivity contribution in [2.75, 3.05) is 52.3 Å². The number of nitrogens with zero attached hydrogens (tertiary/aromatic N) is 4. The molecule has 1 aliphatic rings. The number of aromatic nitrogens is 2. The first kappa shape index (κ1) is 22.1. The Morgan fingerprint density at radius 1 is 1.00 bits per heavy atom. The maximum atomic E-state index is 12.8. The molecule has 1 saturated heterocycles. The second-order valence-electron chi connectivity index (χ2n) is 8.02. The van der Waals surface area contributed by atoms with E-state index in [0.717, 1.165) is 56.1 Å². The number of imidazole rings is 1. The fraction of sp³-hybridized carbons (Fsp3) is 0.417. The molecule has 2 aromatic carbocycles. The van der Waals surface area contributed by atoms with Gasteiger partial charge in [-0.2, -0.15) is 0 Å². The van der Waals surface area contributed by atoms with Crippen LogP contribution in [0.4, 0.5) is 5.69 Å². The van der Waals surface area contributed by atoms with Crippen molar-refractivity contribution in [1.82, 2.24) is 19.4 Å². The van der Waals surface area contributed by atoms with Gasteiger partial charge in [0, 0.05) is 44.5 Å². The largest absolute Gasteiger partial charge is 0.493 e. The van der Waals surface area contributed by atoms with Crippen molar-refractivity contribution >= 4 is 22.6 Å². The lowest BCUT2D eigenvalue weighted by Crippen LogP contribution is -2.45. The Morgan fingerprint density at radius 2 is 1.72 bits per heavy atom. The van der Waals surface area contributed by atoms with Gasteiger partial charge in [-0.3, -0.25) is 9.69 Å². The number of amides is 1. The fourth-order valence-corrected chi connectivity index (χ4v) is 4.11. The number of likely N-dealkylation sites (N-methyl/N-ethyl adjacent to an activating group) is 1. The molecule has 8 heteroatoms. The van der Waals surface area contributed by atoms with Crippen LogP contribution in [0.25, 0.3) is 11.0 Å². The van der Waals surface area contributed by atoms with E-state index in [-0.39, 0.29) is 5.91 Å². The number of hydrogen-bond acceptors (Lipinski definition) is 6. The number of hydrogen-bond donors (Lipinski definition) is 1. The quantitative estimate of drug-likeness (QED) is 0.613. The Kier molecular flexibility index (Phi) is 6.62. The number of carbonyl (C=O) groups is 1. The Morgan fingerprint density at radius 3 is 2.41 bits per heavy atom. The highest BCUT2D eigenvalue weighted by Crippen LogP contribution is 2.28. The highest BCUT2D eigenvalue weighted by Gasteiger charge is 2.18. The summed E-state index contributed by atoms with van der Waals surface area (Å²) in [4.78, 5) is 22.5. The van der Waals surface area contributed by atoms with Crippen molar-refractivity contribution in [3.63, 3.8) is 0 Å². The van der Waals surface area contributed by atoms with Gasteiger partial charge in [0.05, 0.1) is 31.8 Å². The molecule has 1 N–H and O–H groups in total. The highest BCUT2D eigenvalue weighted by atomic mass is 16.5. The van der Waals surface area contributed by atoms with Crippen LogP contribution in [-0.4, -0.2) is 72.2 Å². The third kappa shape index (κ3) is 4.56. The highest BCUT2D eigenvalue weighted by molar-refractivity contribution is 6.05. The first-order valence-corrected chi connectivity index (χ1v) is 11.0. The minimum Gasteiger partial charge on any atom is -0.493 e. The molecule has 1 amide bonds. The molecule has 3 aromatic rings. The molecule has 8 nitrogen and oxygen atoms in total. The lowest BCUT2D eigenvalue weighted by Gasteiger charge is -2.33. The zero-order valence-electron chi connectivity index (χ0n) is 19.2. The zero-order chi connectivity index (χ0) is 22.7. The molecule has 0 radical (unpaired) electrons. The molecule has 1 aromatic heterocycles. The average Bonchev–Trinajstić information content (AvgIpc) is 3.13. The Hall–Kier alpha value is -3.10. The Labute approximate surface area is 188 Å². The van der Waals surface area contributed by atoms with Gasteiger partial charge in [-0.1, -0.05) is 6.92 Å². The Bertz CT molecular complexity index is 1100. The molecule has 1 aliphatic heterocycles. The average molecular weight is 438 g/mol. The predicted octanol–water partition coefficient (Wildman–Crippen LogP) is 2.98. The van der Waals surface area contributed by atoms with E-state index >= 15 is 0 Å². The Balaban J connectivity index is 1.48. The molecule has 0 unspecified atom stereocenters. The minimum absolute atomic E-state index is 0.213. The van der Waals surface area contributed by atoms with Gasteiger partial charge >= 0.3 is 0 Å². The molecule has 1 fully saturated rings. The summed E-state index contributed by atoms with van der Waals surface area (Å²) in [5, 5.41) is 2.96. The smallest absolute Gasteiger partial charge is 0.255 e. The molecular weight excluding hydrogens is 406 g/mol. The first-order valence-electron chi connectivity index (χ1n) is 11.0. The van der Waals surface area contributed by atoms with Gasteiger partial charge in [-0.05, 0) is 42.9 Å². The predicted molar refractivity (Wildman–Crippen MR) is 126 cm³/mol. The number of fused-ring (bicyclic) bond motifs is 1. The zero-order valence-corrected chi connectivity index (χ0v) is 19.2. The van der Waals surface area contributed by atoms with Crippen LogP contribution in [0, 0.1) is 0 Å². The molecule has 4 rings (SSSR count). The summed E-state index contributed by atoms with van der Waals surface area (Å²) in [6.45, 7) is 8.48. The van der Waals surface area contributed by atoms with Gasteiger partial charge in [0.2, 0.25) is 0 Å². The number of carbonyl (C=O) groups excluding carboxylic acids is 1. The van der Waals surface area contributed by atoms with E-state index in [1.807, 2.05) is 18.2 Å². The number of rotatable bonds is 7. The van der Waals surface area contributed by atoms with Crippen molar-refractivity contribution < 1.29 is 14.3 Å². The molecule has 170 valence electrons. The topological polar surface area (TPSA) is 71.9 Å². The lowest BCUT2D eigenvalue weighted by atomic mass is 10.1. The SMILES string of the molecule is CCN1CCN(Cc2nc3cc(NC(=O)c4ccc(OC)c(OC)c4)ccc3n2C)CC1. The summed E-state index contributed by atoms with van der Waals surface area (Å²) in [5.74, 6) is 1.93. The summed E-state index contributed by atoms with van der Waals surface area (Å²) in [5.41, 5.74) is 3.13. The first-order chi connectivity index (χ1) is 15.5. The van der Waals surface area contributed by atoms with Crippen LogP contribution in [0.2, 0.25) is 0 Å². The summed E-state index contributed by atoms with van der Waals surface area (Å²) in [6.07, 6.45) is 0. The van der Waals surface area contributed by atoms with Crippen LogP contribution in [0.15, 0.2) is 36.4 Å². The summed E-state index contributed by atoms with van der Waals surface area (Å²) >= 11 is 0. The van der Waals surface area contributed by atoms with Crippen LogP contribution in [0.1, 0.15) is 23.1 Å². The van der Waals surface area contributed by atoms with Gasteiger partial charge in [-0.25, -0.2) is 4.98 Å². The second kappa shape index (κ2) is 9.58. The number of piperazine rings is 1. The van der Waals surface area contributed by atoms with E-state index in [2.05, 4.69) is 33.7 Å². The number of ether oxygens (including phenoxy) is 2. The fourth-order valence-electron chi connectivity index (χ4n) is 4.11. The van der Waals surface area contributed by atoms with E-state index in [4.69, 9.17) is 14.5 Å². The van der Waals surface area contributed by atoms with Crippen molar-refractivity contribution in [3.05, 3.63) is 47.8 Å². The van der Waals surface area contributed by atoms with Crippen molar-refractivity contribution in [1.29, 1.82) is 0 Å². The molecule has 0 atom stereocenters. The van der Waals surface area contributed by atoms with Crippen LogP contribution in [0.3, 0.4) is 0 Å². The van der Waals surface area contributed by atoms with Gasteiger partial charge in [0.15, 0.2) is 11.5 Å². The molecule has 0 saturated carbocycles. The number of anilines is 1. The number of nitrogens with one attached hydrogen (secondary N) is 1. The number of methoxy groups -OCH3 is 2. The van der Waals surface area contributed by atoms with Gasteiger partial charge in [0.1, 0.15) is 5.82 Å². The van der Waals surface area contributed by atoms with Crippen molar-refractivity contribution in [2.24, 2.45) is 7.05 Å². The summed E-state index contributed by atoms with van der Waals surface area (Å²) < 4.78 is 12.7. The van der Waals surface area contributed by atoms with E-state index in [1.54, 1.807) is 32.4 Å². The van der Waals surface area contributed by atoms with Crippen LogP contribution in [0.5, 0.6) is 11.5 Å². The maximum absolute atomic E-state index is 12.8. The van der Waals surface area contributed by atoms with Crippen LogP contribution >= 0.6 is 0 Å². The van der Waals surface area contributed by atoms with Crippen LogP contribution in [-0.2, 0) is 13.6 Å². The molecule has 0 aliphatic carbocycles. The van der Waals surface area contributed by atoms with Gasteiger partial charge in [-0.15, -0.1) is 0 Å². The normalized spacial score (nSPS) is 15.1. The van der Waals surface area contributed by atoms with E-state index in [0.29, 0.717) is 22.7 Å². The molecule has 0 spiro atoms. The van der Waals surface area contributed by atoms with E-state index in [1.165, 1.54) is 0 Å². The van der Waals surface area contributed by atoms with Gasteiger partial charge < -0.3 is 24.3 Å². The summed E-state index contributed by atoms with van der Waals surface area (Å²) in [6, 6.07) is 10.9. The number of aryl methyl sites for hydroxylation is 1. The molecule has 2 heterocycles. The summed E-state index contributed by atoms with van der Waals surface area (Å²) in [7, 11) is 5.17. The standard InChI is InChI=1S/C24H31N5O3/c1-5-28-10-12-29(13-11-28)16-23-26-19-15-18(7-8-20(19)27(23)2)25-24(30)17-6-9-21(31-3)22(14-17)32-4/h6-9,14-15H,5,10-13,16H2,1-4H3,(H,25,30). The number of benzene rings is 2. The molecule has 32 heavy (non-hydrogen) atoms. The minimum atomic E-state index is -0.213. The van der Waals surface area contributed by atoms with E-state index in [9.17, 15) is 4.79 Å². The lowest BCUT2D eigenvalue weighted by molar-refractivity contribution is 0.102. The van der Waals surface area contributed by atoms with Gasteiger partial charge in [0.25, 0.3) is 5.91 Å². The molecule has 0 bridgehead atoms. The monoisotopic (exact) mass is 437 g/mol. The van der Waals surface area contributed by atoms with Crippen molar-refractivity contribution in [2.45, 2.75) is 13.5 Å². The van der Waals surface area contributed by atoms with E-state index < -0.39 is 0 Å². The van der Waals surface area contributed by atoms with Crippen molar-refractivity contribution in [3.8, 4) is 11.5 Å². The molecular formula is C24H31N5O3. The second-order valence-corrected chi connectivity index (χ2v) is 8.02. The van der Waals surface area contributed by atoms with Crippen LogP contribution < -0.4 is 14.8 Å². The third-order valence-electron chi connectivity index (χ3n) is 6.15.